The second-order valence-corrected chi connectivity index (χ2v) is 8.05. The molecule has 0 aliphatic carbocycles. The summed E-state index contributed by atoms with van der Waals surface area (Å²) in [4.78, 5) is 17.7. The zero-order valence-electron chi connectivity index (χ0n) is 16.5. The molecule has 0 spiro atoms. The monoisotopic (exact) mass is 383 g/mol. The number of benzene rings is 1. The van der Waals surface area contributed by atoms with Crippen LogP contribution < -0.4 is 5.32 Å². The van der Waals surface area contributed by atoms with Gasteiger partial charge in [0, 0.05) is 24.2 Å². The first-order chi connectivity index (χ1) is 13.7. The van der Waals surface area contributed by atoms with Gasteiger partial charge in [0.05, 0.1) is 6.54 Å². The normalized spacial score (nSPS) is 22.2. The molecule has 8 nitrogen and oxygen atoms in total. The molecule has 1 amide bonds. The van der Waals surface area contributed by atoms with E-state index in [1.807, 2.05) is 24.3 Å². The van der Waals surface area contributed by atoms with Crippen LogP contribution in [0.3, 0.4) is 0 Å². The van der Waals surface area contributed by atoms with Crippen molar-refractivity contribution in [2.75, 3.05) is 33.2 Å². The predicted octanol–water partition coefficient (Wildman–Crippen LogP) is 1.01. The summed E-state index contributed by atoms with van der Waals surface area (Å²) in [5.41, 5.74) is 1.77. The van der Waals surface area contributed by atoms with Gasteiger partial charge in [-0.15, -0.1) is 5.10 Å². The van der Waals surface area contributed by atoms with E-state index in [1.165, 1.54) is 25.9 Å². The Morgan fingerprint density at radius 3 is 2.64 bits per heavy atom. The lowest BCUT2D eigenvalue weighted by Gasteiger charge is -2.41. The quantitative estimate of drug-likeness (QED) is 0.830. The highest BCUT2D eigenvalue weighted by Gasteiger charge is 2.28. The molecule has 8 heteroatoms. The molecule has 150 valence electrons. The molecule has 1 aromatic heterocycles. The molecule has 3 heterocycles. The number of hydrogen-bond acceptors (Lipinski definition) is 6. The van der Waals surface area contributed by atoms with E-state index in [-0.39, 0.29) is 11.9 Å². The number of tetrazole rings is 1. The molecule has 0 bridgehead atoms. The Morgan fingerprint density at radius 2 is 1.93 bits per heavy atom. The number of nitrogens with zero attached hydrogens (tertiary/aromatic N) is 6. The molecule has 0 radical (unpaired) electrons. The summed E-state index contributed by atoms with van der Waals surface area (Å²) >= 11 is 0. The summed E-state index contributed by atoms with van der Waals surface area (Å²) in [7, 11) is 2.20. The molecule has 2 aliphatic heterocycles. The topological polar surface area (TPSA) is 79.2 Å². The summed E-state index contributed by atoms with van der Waals surface area (Å²) in [5, 5.41) is 14.4. The second-order valence-electron chi connectivity index (χ2n) is 8.05. The summed E-state index contributed by atoms with van der Waals surface area (Å²) in [6, 6.07) is 8.59. The molecule has 2 aromatic rings. The van der Waals surface area contributed by atoms with Gasteiger partial charge in [-0.1, -0.05) is 12.1 Å². The molecule has 2 aliphatic rings. The SMILES string of the molecule is CN1CCC(N2CCC[C@H](NC(=O)c3ccc(Cn4cnnn4)cc3)C2)CC1. The smallest absolute Gasteiger partial charge is 0.251 e. The third-order valence-electron chi connectivity index (χ3n) is 5.94. The second kappa shape index (κ2) is 8.79. The fourth-order valence-corrected chi connectivity index (χ4v) is 4.29. The highest BCUT2D eigenvalue weighted by Crippen LogP contribution is 2.20. The number of rotatable bonds is 5. The minimum absolute atomic E-state index is 0.0178. The number of piperidine rings is 2. The van der Waals surface area contributed by atoms with Crippen molar-refractivity contribution in [3.8, 4) is 0 Å². The van der Waals surface area contributed by atoms with Crippen LogP contribution in [-0.2, 0) is 6.54 Å². The first-order valence-corrected chi connectivity index (χ1v) is 10.2. The van der Waals surface area contributed by atoms with Crippen LogP contribution in [0.5, 0.6) is 0 Å². The average molecular weight is 384 g/mol. The molecule has 0 saturated carbocycles. The van der Waals surface area contributed by atoms with Gasteiger partial charge in [0.2, 0.25) is 0 Å². The molecule has 1 N–H and O–H groups in total. The van der Waals surface area contributed by atoms with Crippen LogP contribution in [0, 0.1) is 0 Å². The highest BCUT2D eigenvalue weighted by atomic mass is 16.1. The molecule has 4 rings (SSSR count). The standard InChI is InChI=1S/C20H29N7O/c1-25-11-8-19(9-12-25)26-10-2-3-18(14-26)22-20(28)17-6-4-16(5-7-17)13-27-15-21-23-24-27/h4-7,15,18-19H,2-3,8-14H2,1H3,(H,22,28)/t18-/m0/s1. The Morgan fingerprint density at radius 1 is 1.14 bits per heavy atom. The number of likely N-dealkylation sites (tertiary alicyclic amines) is 2. The van der Waals surface area contributed by atoms with Gasteiger partial charge in [-0.2, -0.15) is 0 Å². The van der Waals surface area contributed by atoms with E-state index in [1.54, 1.807) is 11.0 Å². The Balaban J connectivity index is 1.30. The molecule has 1 atom stereocenters. The zero-order valence-corrected chi connectivity index (χ0v) is 16.5. The molecule has 28 heavy (non-hydrogen) atoms. The lowest BCUT2D eigenvalue weighted by molar-refractivity contribution is 0.0766. The van der Waals surface area contributed by atoms with Crippen molar-refractivity contribution in [3.05, 3.63) is 41.7 Å². The molecule has 0 unspecified atom stereocenters. The third-order valence-corrected chi connectivity index (χ3v) is 5.94. The van der Waals surface area contributed by atoms with Gasteiger partial charge in [-0.05, 0) is 80.5 Å². The zero-order chi connectivity index (χ0) is 19.3. The van der Waals surface area contributed by atoms with E-state index < -0.39 is 0 Å². The number of hydrogen-bond donors (Lipinski definition) is 1. The summed E-state index contributed by atoms with van der Waals surface area (Å²) in [6.07, 6.45) is 6.27. The van der Waals surface area contributed by atoms with Crippen LogP contribution in [0.4, 0.5) is 0 Å². The minimum atomic E-state index is 0.0178. The summed E-state index contributed by atoms with van der Waals surface area (Å²) < 4.78 is 1.66. The Bertz CT molecular complexity index is 753. The maximum Gasteiger partial charge on any atom is 0.251 e. The van der Waals surface area contributed by atoms with Gasteiger partial charge >= 0.3 is 0 Å². The number of carbonyl (C=O) groups excluding carboxylic acids is 1. The Labute approximate surface area is 165 Å². The Kier molecular flexibility index (Phi) is 5.97. The van der Waals surface area contributed by atoms with Crippen molar-refractivity contribution < 1.29 is 4.79 Å². The maximum atomic E-state index is 12.7. The van der Waals surface area contributed by atoms with Crippen molar-refractivity contribution in [1.82, 2.24) is 35.3 Å². The van der Waals surface area contributed by atoms with Crippen molar-refractivity contribution in [1.29, 1.82) is 0 Å². The minimum Gasteiger partial charge on any atom is -0.348 e. The van der Waals surface area contributed by atoms with E-state index in [2.05, 4.69) is 37.7 Å². The third kappa shape index (κ3) is 4.74. The summed E-state index contributed by atoms with van der Waals surface area (Å²) in [5.74, 6) is 0.0178. The van der Waals surface area contributed by atoms with Gasteiger partial charge in [-0.25, -0.2) is 4.68 Å². The molecule has 1 aromatic carbocycles. The maximum absolute atomic E-state index is 12.7. The molecule has 2 fully saturated rings. The average Bonchev–Trinajstić information content (AvgIpc) is 3.22. The fourth-order valence-electron chi connectivity index (χ4n) is 4.29. The first-order valence-electron chi connectivity index (χ1n) is 10.2. The van der Waals surface area contributed by atoms with Crippen LogP contribution in [0.15, 0.2) is 30.6 Å². The van der Waals surface area contributed by atoms with Gasteiger partial charge in [-0.3, -0.25) is 9.69 Å². The lowest BCUT2D eigenvalue weighted by atomic mass is 9.98. The van der Waals surface area contributed by atoms with Gasteiger partial charge < -0.3 is 10.2 Å². The van der Waals surface area contributed by atoms with Crippen LogP contribution >= 0.6 is 0 Å². The molecular weight excluding hydrogens is 354 g/mol. The first kappa shape index (κ1) is 19.0. The van der Waals surface area contributed by atoms with Crippen molar-refractivity contribution in [2.45, 2.75) is 44.3 Å². The van der Waals surface area contributed by atoms with Crippen LogP contribution in [0.25, 0.3) is 0 Å². The van der Waals surface area contributed by atoms with Crippen LogP contribution in [0.1, 0.15) is 41.6 Å². The lowest BCUT2D eigenvalue weighted by Crippen LogP contribution is -2.53. The number of aromatic nitrogens is 4. The number of amides is 1. The predicted molar refractivity (Wildman–Crippen MR) is 106 cm³/mol. The van der Waals surface area contributed by atoms with Gasteiger partial charge in [0.1, 0.15) is 6.33 Å². The van der Waals surface area contributed by atoms with Gasteiger partial charge in [0.25, 0.3) is 5.91 Å². The number of carbonyl (C=O) groups is 1. The van der Waals surface area contributed by atoms with Crippen LogP contribution in [-0.4, -0.2) is 81.2 Å². The van der Waals surface area contributed by atoms with E-state index in [0.29, 0.717) is 18.2 Å². The number of nitrogens with one attached hydrogen (secondary N) is 1. The highest BCUT2D eigenvalue weighted by molar-refractivity contribution is 5.94. The molecule has 2 saturated heterocycles. The van der Waals surface area contributed by atoms with E-state index >= 15 is 0 Å². The van der Waals surface area contributed by atoms with Crippen molar-refractivity contribution in [2.24, 2.45) is 0 Å². The summed E-state index contributed by atoms with van der Waals surface area (Å²) in [6.45, 7) is 5.08. The fraction of sp³-hybridized carbons (Fsp3) is 0.600. The van der Waals surface area contributed by atoms with Gasteiger partial charge in [0.15, 0.2) is 0 Å². The van der Waals surface area contributed by atoms with E-state index in [4.69, 9.17) is 0 Å². The largest absolute Gasteiger partial charge is 0.348 e. The van der Waals surface area contributed by atoms with E-state index in [9.17, 15) is 4.79 Å². The van der Waals surface area contributed by atoms with Crippen molar-refractivity contribution in [3.63, 3.8) is 0 Å². The van der Waals surface area contributed by atoms with Crippen molar-refractivity contribution >= 4 is 5.91 Å². The van der Waals surface area contributed by atoms with Crippen LogP contribution in [0.2, 0.25) is 0 Å². The van der Waals surface area contributed by atoms with E-state index in [0.717, 1.165) is 31.5 Å². The Hall–Kier alpha value is -2.32. The molecular formula is C20H29N7O.